The van der Waals surface area contributed by atoms with E-state index < -0.39 is 0 Å². The van der Waals surface area contributed by atoms with Gasteiger partial charge in [-0.25, -0.2) is 4.98 Å². The average molecular weight is 434 g/mol. The lowest BCUT2D eigenvalue weighted by atomic mass is 10.0. The fourth-order valence-corrected chi connectivity index (χ4v) is 3.74. The zero-order valence-electron chi connectivity index (χ0n) is 18.0. The number of nitrogens with zero attached hydrogens (tertiary/aromatic N) is 3. The number of piperidine rings is 1. The SMILES string of the molecule is COc1ccc(-c2cnc(CCC(=O)NC3CCN(C(=O)c4ccncc4)CC3)o2)cc1. The van der Waals surface area contributed by atoms with Crippen LogP contribution in [0.2, 0.25) is 0 Å². The second-order valence-corrected chi connectivity index (χ2v) is 7.72. The molecule has 166 valence electrons. The Kier molecular flexibility index (Phi) is 6.79. The quantitative estimate of drug-likeness (QED) is 0.614. The summed E-state index contributed by atoms with van der Waals surface area (Å²) in [6.07, 6.45) is 7.12. The molecule has 2 amide bonds. The van der Waals surface area contributed by atoms with Crippen molar-refractivity contribution in [3.63, 3.8) is 0 Å². The second kappa shape index (κ2) is 10.1. The topological polar surface area (TPSA) is 97.6 Å². The van der Waals surface area contributed by atoms with E-state index in [0.717, 1.165) is 24.2 Å². The maximum Gasteiger partial charge on any atom is 0.253 e. The number of amides is 2. The predicted octanol–water partition coefficient (Wildman–Crippen LogP) is 3.10. The van der Waals surface area contributed by atoms with Gasteiger partial charge in [-0.15, -0.1) is 0 Å². The zero-order valence-corrected chi connectivity index (χ0v) is 18.0. The number of likely N-dealkylation sites (tertiary alicyclic amines) is 1. The van der Waals surface area contributed by atoms with Crippen molar-refractivity contribution in [3.05, 3.63) is 66.4 Å². The Morgan fingerprint density at radius 2 is 1.84 bits per heavy atom. The van der Waals surface area contributed by atoms with E-state index >= 15 is 0 Å². The van der Waals surface area contributed by atoms with Crippen LogP contribution in [0.5, 0.6) is 5.75 Å². The number of hydrogen-bond donors (Lipinski definition) is 1. The standard InChI is InChI=1S/C24H26N4O4/c1-31-20-4-2-17(3-5-20)21-16-26-23(32-21)7-6-22(29)27-19-10-14-28(15-11-19)24(30)18-8-12-25-13-9-18/h2-5,8-9,12-13,16,19H,6-7,10-11,14-15H2,1H3,(H,27,29). The lowest BCUT2D eigenvalue weighted by Crippen LogP contribution is -2.46. The first-order valence-corrected chi connectivity index (χ1v) is 10.7. The van der Waals surface area contributed by atoms with E-state index in [1.54, 1.807) is 37.8 Å². The molecular weight excluding hydrogens is 408 g/mol. The third-order valence-electron chi connectivity index (χ3n) is 5.57. The van der Waals surface area contributed by atoms with E-state index in [0.29, 0.717) is 43.1 Å². The van der Waals surface area contributed by atoms with E-state index in [-0.39, 0.29) is 17.9 Å². The Morgan fingerprint density at radius 1 is 1.12 bits per heavy atom. The highest BCUT2D eigenvalue weighted by Crippen LogP contribution is 2.23. The summed E-state index contributed by atoms with van der Waals surface area (Å²) in [5, 5.41) is 3.07. The number of aromatic nitrogens is 2. The van der Waals surface area contributed by atoms with E-state index in [1.165, 1.54) is 0 Å². The predicted molar refractivity (Wildman–Crippen MR) is 118 cm³/mol. The average Bonchev–Trinajstić information content (AvgIpc) is 3.32. The number of nitrogens with one attached hydrogen (secondary N) is 1. The molecule has 0 saturated carbocycles. The normalized spacial score (nSPS) is 14.2. The number of methoxy groups -OCH3 is 1. The summed E-state index contributed by atoms with van der Waals surface area (Å²) in [6, 6.07) is 11.0. The molecule has 8 nitrogen and oxygen atoms in total. The number of carbonyl (C=O) groups excluding carboxylic acids is 2. The summed E-state index contributed by atoms with van der Waals surface area (Å²) >= 11 is 0. The van der Waals surface area contributed by atoms with E-state index in [4.69, 9.17) is 9.15 Å². The zero-order chi connectivity index (χ0) is 22.3. The molecule has 0 atom stereocenters. The molecule has 2 aromatic heterocycles. The fourth-order valence-electron chi connectivity index (χ4n) is 3.74. The maximum atomic E-state index is 12.5. The lowest BCUT2D eigenvalue weighted by molar-refractivity contribution is -0.122. The molecule has 3 heterocycles. The van der Waals surface area contributed by atoms with Crippen molar-refractivity contribution in [2.75, 3.05) is 20.2 Å². The van der Waals surface area contributed by atoms with Crippen molar-refractivity contribution in [1.29, 1.82) is 0 Å². The molecule has 3 aromatic rings. The molecule has 1 saturated heterocycles. The van der Waals surface area contributed by atoms with Crippen LogP contribution >= 0.6 is 0 Å². The maximum absolute atomic E-state index is 12.5. The molecular formula is C24H26N4O4. The summed E-state index contributed by atoms with van der Waals surface area (Å²) in [7, 11) is 1.62. The van der Waals surface area contributed by atoms with Gasteiger partial charge in [0, 0.05) is 55.5 Å². The molecule has 0 unspecified atom stereocenters. The summed E-state index contributed by atoms with van der Waals surface area (Å²) in [5.74, 6) is 1.94. The van der Waals surface area contributed by atoms with Gasteiger partial charge < -0.3 is 19.4 Å². The Bertz CT molecular complexity index is 1040. The van der Waals surface area contributed by atoms with Crippen molar-refractivity contribution in [3.8, 4) is 17.1 Å². The largest absolute Gasteiger partial charge is 0.497 e. The summed E-state index contributed by atoms with van der Waals surface area (Å²) < 4.78 is 10.9. The van der Waals surface area contributed by atoms with Crippen LogP contribution in [0.3, 0.4) is 0 Å². The Labute approximate surface area is 186 Å². The molecule has 0 bridgehead atoms. The van der Waals surface area contributed by atoms with Crippen molar-refractivity contribution in [1.82, 2.24) is 20.2 Å². The van der Waals surface area contributed by atoms with Crippen LogP contribution in [0.15, 0.2) is 59.4 Å². The van der Waals surface area contributed by atoms with Gasteiger partial charge >= 0.3 is 0 Å². The van der Waals surface area contributed by atoms with Crippen LogP contribution < -0.4 is 10.1 Å². The summed E-state index contributed by atoms with van der Waals surface area (Å²) in [6.45, 7) is 1.24. The molecule has 1 N–H and O–H groups in total. The third-order valence-corrected chi connectivity index (χ3v) is 5.57. The van der Waals surface area contributed by atoms with Crippen molar-refractivity contribution < 1.29 is 18.7 Å². The number of aryl methyl sites for hydroxylation is 1. The number of benzene rings is 1. The number of rotatable bonds is 7. The minimum Gasteiger partial charge on any atom is -0.497 e. The third kappa shape index (κ3) is 5.32. The van der Waals surface area contributed by atoms with Gasteiger partial charge in [-0.05, 0) is 49.2 Å². The van der Waals surface area contributed by atoms with Gasteiger partial charge in [0.1, 0.15) is 5.75 Å². The highest BCUT2D eigenvalue weighted by molar-refractivity contribution is 5.94. The molecule has 8 heteroatoms. The number of oxazole rings is 1. The highest BCUT2D eigenvalue weighted by atomic mass is 16.5. The van der Waals surface area contributed by atoms with E-state index in [2.05, 4.69) is 15.3 Å². The Balaban J connectivity index is 1.21. The van der Waals surface area contributed by atoms with Crippen molar-refractivity contribution in [2.45, 2.75) is 31.7 Å². The van der Waals surface area contributed by atoms with Crippen LogP contribution in [0.4, 0.5) is 0 Å². The summed E-state index contributed by atoms with van der Waals surface area (Å²) in [5.41, 5.74) is 1.55. The molecule has 1 aliphatic heterocycles. The smallest absolute Gasteiger partial charge is 0.253 e. The first-order chi connectivity index (χ1) is 15.6. The molecule has 4 rings (SSSR count). The monoisotopic (exact) mass is 434 g/mol. The molecule has 32 heavy (non-hydrogen) atoms. The molecule has 1 aliphatic rings. The second-order valence-electron chi connectivity index (χ2n) is 7.72. The van der Waals surface area contributed by atoms with Gasteiger partial charge in [-0.2, -0.15) is 0 Å². The molecule has 1 aromatic carbocycles. The van der Waals surface area contributed by atoms with Crippen molar-refractivity contribution >= 4 is 11.8 Å². The van der Waals surface area contributed by atoms with Gasteiger partial charge in [0.25, 0.3) is 5.91 Å². The minimum atomic E-state index is -0.0342. The summed E-state index contributed by atoms with van der Waals surface area (Å²) in [4.78, 5) is 35.0. The van der Waals surface area contributed by atoms with Crippen LogP contribution in [0.25, 0.3) is 11.3 Å². The van der Waals surface area contributed by atoms with Crippen LogP contribution in [0, 0.1) is 0 Å². The minimum absolute atomic E-state index is 0.00809. The molecule has 0 radical (unpaired) electrons. The van der Waals surface area contributed by atoms with E-state index in [1.807, 2.05) is 29.2 Å². The van der Waals surface area contributed by atoms with Crippen LogP contribution in [-0.2, 0) is 11.2 Å². The molecule has 0 aliphatic carbocycles. The van der Waals surface area contributed by atoms with Crippen molar-refractivity contribution in [2.24, 2.45) is 0 Å². The first-order valence-electron chi connectivity index (χ1n) is 10.7. The Hall–Kier alpha value is -3.68. The van der Waals surface area contributed by atoms with E-state index in [9.17, 15) is 9.59 Å². The van der Waals surface area contributed by atoms with Gasteiger partial charge in [0.15, 0.2) is 11.7 Å². The number of pyridine rings is 1. The van der Waals surface area contributed by atoms with Gasteiger partial charge in [-0.3, -0.25) is 14.6 Å². The molecule has 1 fully saturated rings. The lowest BCUT2D eigenvalue weighted by Gasteiger charge is -2.32. The van der Waals surface area contributed by atoms with Gasteiger partial charge in [0.05, 0.1) is 13.3 Å². The first kappa shape index (κ1) is 21.5. The Morgan fingerprint density at radius 3 is 2.53 bits per heavy atom. The number of hydrogen-bond acceptors (Lipinski definition) is 6. The number of carbonyl (C=O) groups is 2. The van der Waals surface area contributed by atoms with Gasteiger partial charge in [-0.1, -0.05) is 0 Å². The number of ether oxygens (including phenoxy) is 1. The fraction of sp³-hybridized carbons (Fsp3) is 0.333. The van der Waals surface area contributed by atoms with Crippen LogP contribution in [0.1, 0.15) is 35.5 Å². The highest BCUT2D eigenvalue weighted by Gasteiger charge is 2.24. The van der Waals surface area contributed by atoms with Gasteiger partial charge in [0.2, 0.25) is 5.91 Å². The van der Waals surface area contributed by atoms with Crippen LogP contribution in [-0.4, -0.2) is 52.9 Å². The molecule has 0 spiro atoms.